The van der Waals surface area contributed by atoms with Crippen molar-refractivity contribution in [1.29, 1.82) is 0 Å². The number of nitrogens with zero attached hydrogens (tertiary/aromatic N) is 3. The van der Waals surface area contributed by atoms with Crippen LogP contribution in [0.15, 0.2) is 237 Å². The average molecular weight is 782 g/mol. The van der Waals surface area contributed by atoms with Crippen molar-refractivity contribution in [3.05, 3.63) is 248 Å². The Morgan fingerprint density at radius 1 is 0.377 bits per heavy atom. The number of rotatable bonds is 11. The molecule has 0 aliphatic heterocycles. The lowest BCUT2D eigenvalue weighted by atomic mass is 9.80. The molecule has 9 rings (SSSR count). The fourth-order valence-electron chi connectivity index (χ4n) is 7.80. The molecule has 0 saturated heterocycles. The van der Waals surface area contributed by atoms with Crippen molar-refractivity contribution in [2.75, 3.05) is 0 Å². The van der Waals surface area contributed by atoms with E-state index in [1.807, 2.05) is 67.6 Å². The van der Waals surface area contributed by atoms with E-state index in [9.17, 15) is 0 Å². The second-order valence-corrected chi connectivity index (χ2v) is 14.7. The Bertz CT molecular complexity index is 2920. The van der Waals surface area contributed by atoms with Gasteiger partial charge in [0.05, 0.1) is 0 Å². The lowest BCUT2D eigenvalue weighted by molar-refractivity contribution is 1.07. The Balaban J connectivity index is 1.24. The Kier molecular flexibility index (Phi) is 11.5. The van der Waals surface area contributed by atoms with Gasteiger partial charge in [0.2, 0.25) is 0 Å². The van der Waals surface area contributed by atoms with Gasteiger partial charge in [-0.1, -0.05) is 231 Å². The second kappa shape index (κ2) is 18.3. The summed E-state index contributed by atoms with van der Waals surface area (Å²) in [6.07, 6.45) is 10.8. The van der Waals surface area contributed by atoms with Crippen LogP contribution in [-0.4, -0.2) is 15.0 Å². The molecule has 1 aromatic heterocycles. The predicted octanol–water partition coefficient (Wildman–Crippen LogP) is 15.2. The van der Waals surface area contributed by atoms with Gasteiger partial charge in [0.25, 0.3) is 0 Å². The highest BCUT2D eigenvalue weighted by Gasteiger charge is 2.22. The summed E-state index contributed by atoms with van der Waals surface area (Å²) < 4.78 is 0. The van der Waals surface area contributed by atoms with Crippen LogP contribution in [-0.2, 0) is 0 Å². The lowest BCUT2D eigenvalue weighted by Crippen LogP contribution is -2.00. The summed E-state index contributed by atoms with van der Waals surface area (Å²) in [6.45, 7) is 2.05. The largest absolute Gasteiger partial charge is 0.208 e. The van der Waals surface area contributed by atoms with Gasteiger partial charge in [0, 0.05) is 16.7 Å². The molecule has 0 aliphatic carbocycles. The number of benzene rings is 8. The molecule has 0 fully saturated rings. The zero-order valence-corrected chi connectivity index (χ0v) is 33.9. The maximum absolute atomic E-state index is 5.04. The van der Waals surface area contributed by atoms with E-state index >= 15 is 0 Å². The van der Waals surface area contributed by atoms with Crippen molar-refractivity contribution in [3.63, 3.8) is 0 Å². The van der Waals surface area contributed by atoms with E-state index in [-0.39, 0.29) is 0 Å². The van der Waals surface area contributed by atoms with Crippen molar-refractivity contribution in [1.82, 2.24) is 15.0 Å². The maximum atomic E-state index is 5.04. The van der Waals surface area contributed by atoms with Crippen molar-refractivity contribution in [2.45, 2.75) is 6.92 Å². The van der Waals surface area contributed by atoms with E-state index < -0.39 is 0 Å². The highest BCUT2D eigenvalue weighted by Crippen LogP contribution is 2.48. The average Bonchev–Trinajstić information content (AvgIpc) is 3.35. The van der Waals surface area contributed by atoms with Gasteiger partial charge < -0.3 is 0 Å². The van der Waals surface area contributed by atoms with E-state index in [0.717, 1.165) is 50.1 Å². The third-order valence-electron chi connectivity index (χ3n) is 10.7. The van der Waals surface area contributed by atoms with E-state index in [1.54, 1.807) is 0 Å². The summed E-state index contributed by atoms with van der Waals surface area (Å²) in [5.41, 5.74) is 15.4. The first-order chi connectivity index (χ1) is 30.2. The van der Waals surface area contributed by atoms with Crippen LogP contribution in [0.5, 0.6) is 0 Å². The molecule has 8 aromatic carbocycles. The van der Waals surface area contributed by atoms with Crippen LogP contribution in [0.1, 0.15) is 18.1 Å². The number of allylic oxidation sites excluding steroid dienone is 5. The van der Waals surface area contributed by atoms with Crippen LogP contribution in [0.2, 0.25) is 0 Å². The van der Waals surface area contributed by atoms with E-state index in [4.69, 9.17) is 15.0 Å². The third kappa shape index (κ3) is 8.59. The molecule has 3 nitrogen and oxygen atoms in total. The van der Waals surface area contributed by atoms with Crippen molar-refractivity contribution >= 4 is 11.6 Å². The molecular formula is C58H43N3. The van der Waals surface area contributed by atoms with Crippen molar-refractivity contribution < 1.29 is 0 Å². The SMILES string of the molecule is C\C=C/C=C(\C=C\c1cc(-c2ccccc2)c(-c2ccccc2)c(-c2ccccc2)c1-c1ccccc1)c1cccc(-c2nc(-c3ccccc3)nc(-c3ccccc3)n2)c1. The van der Waals surface area contributed by atoms with Crippen molar-refractivity contribution in [2.24, 2.45) is 0 Å². The Hall–Kier alpha value is -8.01. The molecule has 61 heavy (non-hydrogen) atoms. The highest BCUT2D eigenvalue weighted by atomic mass is 15.0. The minimum atomic E-state index is 0.617. The molecular weight excluding hydrogens is 739 g/mol. The third-order valence-corrected chi connectivity index (χ3v) is 10.7. The van der Waals surface area contributed by atoms with Gasteiger partial charge >= 0.3 is 0 Å². The predicted molar refractivity (Wildman–Crippen MR) is 256 cm³/mol. The van der Waals surface area contributed by atoms with E-state index in [0.29, 0.717) is 17.5 Å². The summed E-state index contributed by atoms with van der Waals surface area (Å²) in [7, 11) is 0. The van der Waals surface area contributed by atoms with E-state index in [1.165, 1.54) is 27.8 Å². The van der Waals surface area contributed by atoms with Crippen LogP contribution in [0.25, 0.3) is 90.3 Å². The second-order valence-electron chi connectivity index (χ2n) is 14.7. The monoisotopic (exact) mass is 781 g/mol. The molecule has 0 amide bonds. The molecule has 0 saturated carbocycles. The van der Waals surface area contributed by atoms with E-state index in [2.05, 4.69) is 182 Å². The topological polar surface area (TPSA) is 38.7 Å². The molecule has 1 heterocycles. The van der Waals surface area contributed by atoms with Gasteiger partial charge in [0.1, 0.15) is 0 Å². The zero-order chi connectivity index (χ0) is 41.2. The van der Waals surface area contributed by atoms with Crippen LogP contribution in [0, 0.1) is 0 Å². The minimum absolute atomic E-state index is 0.617. The summed E-state index contributed by atoms with van der Waals surface area (Å²) in [4.78, 5) is 15.0. The summed E-state index contributed by atoms with van der Waals surface area (Å²) in [5.74, 6) is 1.89. The van der Waals surface area contributed by atoms with Crippen LogP contribution in [0.3, 0.4) is 0 Å². The Morgan fingerprint density at radius 3 is 1.28 bits per heavy atom. The molecule has 0 radical (unpaired) electrons. The first kappa shape index (κ1) is 38.5. The number of hydrogen-bond acceptors (Lipinski definition) is 3. The van der Waals surface area contributed by atoms with Crippen molar-refractivity contribution in [3.8, 4) is 78.7 Å². The molecule has 0 spiro atoms. The zero-order valence-electron chi connectivity index (χ0n) is 33.9. The Labute approximate surface area is 358 Å². The summed E-state index contributed by atoms with van der Waals surface area (Å²) in [5, 5.41) is 0. The fraction of sp³-hybridized carbons (Fsp3) is 0.0172. The summed E-state index contributed by atoms with van der Waals surface area (Å²) in [6, 6.07) is 74.2. The highest BCUT2D eigenvalue weighted by molar-refractivity contribution is 6.05. The number of aromatic nitrogens is 3. The standard InChI is InChI=1S/C58H43N3/c1-2-3-23-42(49-36-22-37-51(40-49)58-60-56(47-32-18-8-19-33-47)59-57(61-58)48-34-20-9-21-35-48)38-39-50-41-52(43-24-10-4-11-25-43)54(45-28-14-6-15-29-45)55(46-30-16-7-17-31-46)53(50)44-26-12-5-13-27-44/h2-41H,1H3/b3-2-,39-38+,42-23+. The molecule has 3 heteroatoms. The van der Waals surface area contributed by atoms with Gasteiger partial charge in [-0.3, -0.25) is 0 Å². The van der Waals surface area contributed by atoms with Gasteiger partial charge in [0.15, 0.2) is 17.5 Å². The maximum Gasteiger partial charge on any atom is 0.164 e. The first-order valence-electron chi connectivity index (χ1n) is 20.6. The molecule has 0 bridgehead atoms. The number of hydrogen-bond donors (Lipinski definition) is 0. The molecule has 290 valence electrons. The molecule has 9 aromatic rings. The summed E-state index contributed by atoms with van der Waals surface area (Å²) >= 11 is 0. The minimum Gasteiger partial charge on any atom is -0.208 e. The fourth-order valence-corrected chi connectivity index (χ4v) is 7.80. The lowest BCUT2D eigenvalue weighted by Gasteiger charge is -2.23. The molecule has 0 aliphatic rings. The van der Waals surface area contributed by atoms with Gasteiger partial charge in [-0.25, -0.2) is 15.0 Å². The van der Waals surface area contributed by atoms with Gasteiger partial charge in [-0.15, -0.1) is 0 Å². The van der Waals surface area contributed by atoms with Gasteiger partial charge in [-0.2, -0.15) is 0 Å². The smallest absolute Gasteiger partial charge is 0.164 e. The van der Waals surface area contributed by atoms with Gasteiger partial charge in [-0.05, 0) is 80.3 Å². The van der Waals surface area contributed by atoms with Crippen LogP contribution >= 0.6 is 0 Å². The molecule has 0 atom stereocenters. The Morgan fingerprint density at radius 2 is 0.787 bits per heavy atom. The van der Waals surface area contributed by atoms with Crippen LogP contribution < -0.4 is 0 Å². The van der Waals surface area contributed by atoms with Crippen LogP contribution in [0.4, 0.5) is 0 Å². The quantitative estimate of drug-likeness (QED) is 0.123. The first-order valence-corrected chi connectivity index (χ1v) is 20.6. The normalized spacial score (nSPS) is 11.7. The molecule has 0 N–H and O–H groups in total. The molecule has 0 unspecified atom stereocenters.